The minimum absolute atomic E-state index is 0.141. The Hall–Kier alpha value is -2.41. The third kappa shape index (κ3) is 3.19. The molecule has 1 amide bonds. The minimum Gasteiger partial charge on any atom is -0.508 e. The third-order valence-electron chi connectivity index (χ3n) is 4.10. The van der Waals surface area contributed by atoms with Crippen molar-refractivity contribution >= 4 is 5.91 Å². The number of carbonyl (C=O) groups excluding carboxylic acids is 1. The second-order valence-corrected chi connectivity index (χ2v) is 5.95. The summed E-state index contributed by atoms with van der Waals surface area (Å²) in [5.41, 5.74) is 1.57. The number of benzene rings is 1. The number of aliphatic hydroxyl groups is 1. The molecule has 1 saturated heterocycles. The summed E-state index contributed by atoms with van der Waals surface area (Å²) in [6.45, 7) is 2.35. The summed E-state index contributed by atoms with van der Waals surface area (Å²) in [7, 11) is 0. The number of aliphatic hydroxyl groups excluding tert-OH is 1. The van der Waals surface area contributed by atoms with Gasteiger partial charge in [0.2, 0.25) is 0 Å². The number of aromatic amines is 1. The summed E-state index contributed by atoms with van der Waals surface area (Å²) < 4.78 is 13.8. The molecule has 122 valence electrons. The highest BCUT2D eigenvalue weighted by Crippen LogP contribution is 2.24. The summed E-state index contributed by atoms with van der Waals surface area (Å²) >= 11 is 0. The zero-order chi connectivity index (χ0) is 16.6. The number of aromatic hydroxyl groups is 1. The SMILES string of the molecule is Cc1cc(C[C@@H]2CN(C(=O)c3cc(O)ccc3F)C[C@@H]2O)n[nH]1. The number of H-pyrrole nitrogens is 1. The van der Waals surface area contributed by atoms with Gasteiger partial charge in [0.15, 0.2) is 0 Å². The van der Waals surface area contributed by atoms with Crippen LogP contribution < -0.4 is 0 Å². The Bertz CT molecular complexity index is 731. The molecule has 1 aromatic carbocycles. The minimum atomic E-state index is -0.686. The first-order valence-corrected chi connectivity index (χ1v) is 7.41. The first-order valence-electron chi connectivity index (χ1n) is 7.41. The number of likely N-dealkylation sites (tertiary alicyclic amines) is 1. The number of phenols is 1. The zero-order valence-electron chi connectivity index (χ0n) is 12.7. The molecule has 0 unspecified atom stereocenters. The molecule has 1 aromatic heterocycles. The number of nitrogens with one attached hydrogen (secondary N) is 1. The van der Waals surface area contributed by atoms with E-state index < -0.39 is 17.8 Å². The van der Waals surface area contributed by atoms with E-state index in [4.69, 9.17) is 0 Å². The largest absolute Gasteiger partial charge is 0.508 e. The highest BCUT2D eigenvalue weighted by Gasteiger charge is 2.35. The van der Waals surface area contributed by atoms with E-state index in [0.29, 0.717) is 13.0 Å². The molecule has 0 saturated carbocycles. The van der Waals surface area contributed by atoms with Gasteiger partial charge in [-0.1, -0.05) is 0 Å². The van der Waals surface area contributed by atoms with E-state index in [9.17, 15) is 19.4 Å². The Morgan fingerprint density at radius 1 is 1.43 bits per heavy atom. The molecule has 0 bridgehead atoms. The zero-order valence-corrected chi connectivity index (χ0v) is 12.7. The molecule has 2 aromatic rings. The average Bonchev–Trinajstić information content (AvgIpc) is 3.08. The Balaban J connectivity index is 1.72. The van der Waals surface area contributed by atoms with Crippen molar-refractivity contribution in [1.29, 1.82) is 0 Å². The molecule has 3 N–H and O–H groups in total. The maximum absolute atomic E-state index is 13.8. The van der Waals surface area contributed by atoms with Gasteiger partial charge in [-0.3, -0.25) is 9.89 Å². The lowest BCUT2D eigenvalue weighted by Gasteiger charge is -2.16. The molecule has 6 nitrogen and oxygen atoms in total. The van der Waals surface area contributed by atoms with Gasteiger partial charge in [-0.25, -0.2) is 4.39 Å². The number of aryl methyl sites for hydroxylation is 1. The van der Waals surface area contributed by atoms with E-state index in [0.717, 1.165) is 23.5 Å². The summed E-state index contributed by atoms with van der Waals surface area (Å²) in [6.07, 6.45) is -0.144. The molecular formula is C16H18FN3O3. The smallest absolute Gasteiger partial charge is 0.257 e. The number of β-amino-alcohol motifs (C(OH)–C–C–N with tert-alkyl or cyclic N) is 1. The van der Waals surface area contributed by atoms with E-state index in [-0.39, 0.29) is 23.8 Å². The Kier molecular flexibility index (Phi) is 4.04. The van der Waals surface area contributed by atoms with Gasteiger partial charge in [0.25, 0.3) is 5.91 Å². The van der Waals surface area contributed by atoms with Crippen LogP contribution in [0.4, 0.5) is 4.39 Å². The molecule has 3 rings (SSSR count). The fraction of sp³-hybridized carbons (Fsp3) is 0.375. The van der Waals surface area contributed by atoms with Crippen LogP contribution in [0.1, 0.15) is 21.7 Å². The van der Waals surface area contributed by atoms with E-state index in [1.54, 1.807) is 0 Å². The Morgan fingerprint density at radius 3 is 2.91 bits per heavy atom. The predicted octanol–water partition coefficient (Wildman–Crippen LogP) is 1.24. The van der Waals surface area contributed by atoms with Gasteiger partial charge in [0.05, 0.1) is 17.4 Å². The van der Waals surface area contributed by atoms with Crippen molar-refractivity contribution in [3.05, 3.63) is 47.0 Å². The van der Waals surface area contributed by atoms with Crippen LogP contribution in [0, 0.1) is 18.7 Å². The monoisotopic (exact) mass is 319 g/mol. The summed E-state index contributed by atoms with van der Waals surface area (Å²) in [5, 5.41) is 26.6. The number of rotatable bonds is 3. The molecule has 2 atom stereocenters. The maximum Gasteiger partial charge on any atom is 0.257 e. The highest BCUT2D eigenvalue weighted by molar-refractivity contribution is 5.95. The molecule has 1 fully saturated rings. The van der Waals surface area contributed by atoms with Crippen molar-refractivity contribution in [2.24, 2.45) is 5.92 Å². The Labute approximate surface area is 132 Å². The number of aromatic nitrogens is 2. The quantitative estimate of drug-likeness (QED) is 0.794. The van der Waals surface area contributed by atoms with Crippen LogP contribution in [0.3, 0.4) is 0 Å². The maximum atomic E-state index is 13.8. The lowest BCUT2D eigenvalue weighted by atomic mass is 10.0. The topological polar surface area (TPSA) is 89.5 Å². The van der Waals surface area contributed by atoms with Crippen molar-refractivity contribution in [2.45, 2.75) is 19.4 Å². The molecule has 1 aliphatic rings. The standard InChI is InChI=1S/C16H18FN3O3/c1-9-4-11(19-18-9)5-10-7-20(8-15(10)22)16(23)13-6-12(21)2-3-14(13)17/h2-4,6,10,15,21-22H,5,7-8H2,1H3,(H,18,19)/t10-,15+/m1/s1. The number of halogens is 1. The summed E-state index contributed by atoms with van der Waals surface area (Å²) in [6, 6.07) is 5.24. The lowest BCUT2D eigenvalue weighted by molar-refractivity contribution is 0.0759. The number of carbonyl (C=O) groups is 1. The number of hydrogen-bond donors (Lipinski definition) is 3. The van der Waals surface area contributed by atoms with Crippen molar-refractivity contribution in [3.63, 3.8) is 0 Å². The van der Waals surface area contributed by atoms with E-state index >= 15 is 0 Å². The van der Waals surface area contributed by atoms with Crippen LogP contribution in [-0.4, -0.2) is 50.4 Å². The van der Waals surface area contributed by atoms with E-state index in [1.165, 1.54) is 11.0 Å². The predicted molar refractivity (Wildman–Crippen MR) is 80.5 cm³/mol. The molecule has 1 aliphatic heterocycles. The summed E-state index contributed by atoms with van der Waals surface area (Å²) in [5.74, 6) is -1.54. The average molecular weight is 319 g/mol. The second kappa shape index (κ2) is 6.00. The molecule has 0 radical (unpaired) electrons. The van der Waals surface area contributed by atoms with Gasteiger partial charge in [0, 0.05) is 24.7 Å². The fourth-order valence-corrected chi connectivity index (χ4v) is 2.92. The second-order valence-electron chi connectivity index (χ2n) is 5.95. The van der Waals surface area contributed by atoms with E-state index in [2.05, 4.69) is 10.2 Å². The number of hydrogen-bond acceptors (Lipinski definition) is 4. The summed E-state index contributed by atoms with van der Waals surface area (Å²) in [4.78, 5) is 13.8. The van der Waals surface area contributed by atoms with Crippen molar-refractivity contribution in [3.8, 4) is 5.75 Å². The fourth-order valence-electron chi connectivity index (χ4n) is 2.92. The van der Waals surface area contributed by atoms with Crippen molar-refractivity contribution < 1.29 is 19.4 Å². The van der Waals surface area contributed by atoms with Crippen LogP contribution >= 0.6 is 0 Å². The van der Waals surface area contributed by atoms with Crippen LogP contribution in [0.5, 0.6) is 5.75 Å². The third-order valence-corrected chi connectivity index (χ3v) is 4.10. The van der Waals surface area contributed by atoms with Crippen LogP contribution in [0.25, 0.3) is 0 Å². The molecule has 0 aliphatic carbocycles. The van der Waals surface area contributed by atoms with Gasteiger partial charge in [-0.05, 0) is 37.6 Å². The van der Waals surface area contributed by atoms with Crippen LogP contribution in [-0.2, 0) is 6.42 Å². The Morgan fingerprint density at radius 2 is 2.22 bits per heavy atom. The van der Waals surface area contributed by atoms with Crippen molar-refractivity contribution in [2.75, 3.05) is 13.1 Å². The van der Waals surface area contributed by atoms with Gasteiger partial charge in [-0.15, -0.1) is 0 Å². The van der Waals surface area contributed by atoms with Gasteiger partial charge >= 0.3 is 0 Å². The van der Waals surface area contributed by atoms with Gasteiger partial charge in [0.1, 0.15) is 11.6 Å². The molecule has 7 heteroatoms. The van der Waals surface area contributed by atoms with Crippen LogP contribution in [0.2, 0.25) is 0 Å². The first-order chi connectivity index (χ1) is 10.9. The van der Waals surface area contributed by atoms with Crippen molar-refractivity contribution in [1.82, 2.24) is 15.1 Å². The van der Waals surface area contributed by atoms with Gasteiger partial charge in [-0.2, -0.15) is 5.10 Å². The lowest BCUT2D eigenvalue weighted by Crippen LogP contribution is -2.30. The molecule has 0 spiro atoms. The highest BCUT2D eigenvalue weighted by atomic mass is 19.1. The van der Waals surface area contributed by atoms with Gasteiger partial charge < -0.3 is 15.1 Å². The number of nitrogens with zero attached hydrogens (tertiary/aromatic N) is 2. The first kappa shape index (κ1) is 15.5. The normalized spacial score (nSPS) is 20.9. The molecule has 2 heterocycles. The molecule has 23 heavy (non-hydrogen) atoms. The van der Waals surface area contributed by atoms with Crippen LogP contribution in [0.15, 0.2) is 24.3 Å². The number of phenolic OH excluding ortho intramolecular Hbond substituents is 1. The van der Waals surface area contributed by atoms with E-state index in [1.807, 2.05) is 13.0 Å². The molecular weight excluding hydrogens is 301 g/mol. The number of amides is 1.